The summed E-state index contributed by atoms with van der Waals surface area (Å²) in [7, 11) is 0. The van der Waals surface area contributed by atoms with Crippen LogP contribution in [-0.4, -0.2) is 25.7 Å². The molecule has 4 rings (SSSR count). The van der Waals surface area contributed by atoms with Crippen molar-refractivity contribution in [3.8, 4) is 5.75 Å². The van der Waals surface area contributed by atoms with Crippen molar-refractivity contribution in [2.75, 3.05) is 0 Å². The Bertz CT molecular complexity index is 1670. The summed E-state index contributed by atoms with van der Waals surface area (Å²) in [6, 6.07) is 13.8. The number of halogens is 2. The number of nitro benzene ring substituents is 2. The minimum atomic E-state index is -0.584. The fraction of sp³-hybridized carbons (Fsp3) is 0.192. The first-order valence-corrected chi connectivity index (χ1v) is 13.3. The zero-order chi connectivity index (χ0) is 28.3. The number of rotatable bonds is 9. The third kappa shape index (κ3) is 6.20. The molecule has 13 heteroatoms. The minimum absolute atomic E-state index is 0.0695. The predicted molar refractivity (Wildman–Crippen MR) is 154 cm³/mol. The third-order valence-corrected chi connectivity index (χ3v) is 6.94. The highest BCUT2D eigenvalue weighted by molar-refractivity contribution is 9.10. The topological polar surface area (TPSA) is 143 Å². The Hall–Kier alpha value is -3.97. The first kappa shape index (κ1) is 28.0. The number of benzene rings is 3. The first-order valence-electron chi connectivity index (χ1n) is 11.7. The predicted octanol–water partition coefficient (Wildman–Crippen LogP) is 6.71. The number of nitrogens with zero attached hydrogens (tertiary/aromatic N) is 5. The minimum Gasteiger partial charge on any atom is -0.481 e. The Labute approximate surface area is 238 Å². The van der Waals surface area contributed by atoms with Gasteiger partial charge in [0.1, 0.15) is 12.4 Å². The average Bonchev–Trinajstić information content (AvgIpc) is 2.91. The van der Waals surface area contributed by atoms with Gasteiger partial charge >= 0.3 is 5.69 Å². The summed E-state index contributed by atoms with van der Waals surface area (Å²) in [5.74, 6) is 0.281. The lowest BCUT2D eigenvalue weighted by molar-refractivity contribution is -0.386. The molecule has 200 valence electrons. The second kappa shape index (κ2) is 11.8. The smallest absolute Gasteiger partial charge is 0.312 e. The highest BCUT2D eigenvalue weighted by Gasteiger charge is 2.22. The summed E-state index contributed by atoms with van der Waals surface area (Å²) >= 11 is 6.67. The largest absolute Gasteiger partial charge is 0.481 e. The Balaban J connectivity index is 1.80. The SMILES string of the molecule is CC[C@@H](C)c1nc2ccc(Br)cc2c(=O)n1N=Cc1cc(Br)cc([N+](=O)[O-])c1OCc1ccc([N+](=O)[O-])cc1. The van der Waals surface area contributed by atoms with Crippen molar-refractivity contribution < 1.29 is 14.6 Å². The molecule has 39 heavy (non-hydrogen) atoms. The summed E-state index contributed by atoms with van der Waals surface area (Å²) < 4.78 is 8.17. The number of hydrogen-bond donors (Lipinski definition) is 0. The van der Waals surface area contributed by atoms with E-state index < -0.39 is 9.85 Å². The monoisotopic (exact) mass is 657 g/mol. The van der Waals surface area contributed by atoms with E-state index >= 15 is 0 Å². The van der Waals surface area contributed by atoms with Crippen LogP contribution in [0.3, 0.4) is 0 Å². The fourth-order valence-corrected chi connectivity index (χ4v) is 4.58. The van der Waals surface area contributed by atoms with E-state index in [4.69, 9.17) is 4.74 Å². The molecule has 1 aromatic heterocycles. The van der Waals surface area contributed by atoms with E-state index in [-0.39, 0.29) is 40.8 Å². The Morgan fingerprint density at radius 3 is 2.41 bits per heavy atom. The van der Waals surface area contributed by atoms with Crippen LogP contribution < -0.4 is 10.3 Å². The van der Waals surface area contributed by atoms with Gasteiger partial charge in [-0.1, -0.05) is 45.7 Å². The molecule has 1 heterocycles. The van der Waals surface area contributed by atoms with E-state index in [2.05, 4.69) is 41.9 Å². The van der Waals surface area contributed by atoms with Crippen LogP contribution in [0.2, 0.25) is 0 Å². The van der Waals surface area contributed by atoms with E-state index in [1.807, 2.05) is 13.8 Å². The van der Waals surface area contributed by atoms with Crippen molar-refractivity contribution >= 4 is 60.4 Å². The normalized spacial score (nSPS) is 12.1. The molecule has 11 nitrogen and oxygen atoms in total. The van der Waals surface area contributed by atoms with Crippen molar-refractivity contribution in [1.82, 2.24) is 9.66 Å². The number of hydrogen-bond acceptors (Lipinski definition) is 8. The summed E-state index contributed by atoms with van der Waals surface area (Å²) in [5, 5.41) is 27.6. The molecule has 0 saturated carbocycles. The maximum atomic E-state index is 13.4. The van der Waals surface area contributed by atoms with Gasteiger partial charge < -0.3 is 4.74 Å². The average molecular weight is 659 g/mol. The van der Waals surface area contributed by atoms with E-state index in [0.29, 0.717) is 37.7 Å². The van der Waals surface area contributed by atoms with Gasteiger partial charge in [-0.25, -0.2) is 4.98 Å². The quantitative estimate of drug-likeness (QED) is 0.110. The van der Waals surface area contributed by atoms with Crippen LogP contribution in [0.1, 0.15) is 43.1 Å². The van der Waals surface area contributed by atoms with Crippen molar-refractivity contribution in [3.05, 3.63) is 111 Å². The van der Waals surface area contributed by atoms with Gasteiger partial charge in [0.05, 0.1) is 27.0 Å². The molecule has 0 aliphatic rings. The van der Waals surface area contributed by atoms with Gasteiger partial charge in [0.25, 0.3) is 11.2 Å². The fourth-order valence-electron chi connectivity index (χ4n) is 3.76. The van der Waals surface area contributed by atoms with E-state index in [0.717, 1.165) is 0 Å². The number of aromatic nitrogens is 2. The molecule has 0 bridgehead atoms. The van der Waals surface area contributed by atoms with Gasteiger partial charge in [-0.3, -0.25) is 25.0 Å². The van der Waals surface area contributed by atoms with E-state index in [1.165, 1.54) is 41.2 Å². The molecule has 0 spiro atoms. The number of non-ortho nitro benzene ring substituents is 1. The Morgan fingerprint density at radius 2 is 1.77 bits per heavy atom. The second-order valence-electron chi connectivity index (χ2n) is 8.61. The Morgan fingerprint density at radius 1 is 1.05 bits per heavy atom. The third-order valence-electron chi connectivity index (χ3n) is 5.99. The first-order chi connectivity index (χ1) is 18.6. The number of fused-ring (bicyclic) bond motifs is 1. The summed E-state index contributed by atoms with van der Waals surface area (Å²) in [4.78, 5) is 39.8. The van der Waals surface area contributed by atoms with Gasteiger partial charge in [-0.05, 0) is 48.4 Å². The maximum absolute atomic E-state index is 13.4. The molecular weight excluding hydrogens is 638 g/mol. The van der Waals surface area contributed by atoms with Crippen molar-refractivity contribution in [1.29, 1.82) is 0 Å². The lowest BCUT2D eigenvalue weighted by Crippen LogP contribution is -2.23. The van der Waals surface area contributed by atoms with Crippen LogP contribution in [0, 0.1) is 20.2 Å². The number of nitro groups is 2. The number of ether oxygens (including phenoxy) is 1. The van der Waals surface area contributed by atoms with Crippen molar-refractivity contribution in [2.24, 2.45) is 5.10 Å². The van der Waals surface area contributed by atoms with Crippen LogP contribution in [0.25, 0.3) is 10.9 Å². The molecule has 0 fully saturated rings. The van der Waals surface area contributed by atoms with Gasteiger partial charge in [0, 0.05) is 38.6 Å². The molecule has 0 saturated heterocycles. The van der Waals surface area contributed by atoms with Gasteiger partial charge in [0.15, 0.2) is 0 Å². The van der Waals surface area contributed by atoms with E-state index in [1.54, 1.807) is 24.3 Å². The van der Waals surface area contributed by atoms with Gasteiger partial charge in [0.2, 0.25) is 5.75 Å². The van der Waals surface area contributed by atoms with Crippen LogP contribution >= 0.6 is 31.9 Å². The molecule has 0 unspecified atom stereocenters. The molecule has 1 atom stereocenters. The van der Waals surface area contributed by atoms with Gasteiger partial charge in [-0.15, -0.1) is 0 Å². The molecule has 3 aromatic carbocycles. The highest BCUT2D eigenvalue weighted by Crippen LogP contribution is 2.34. The molecule has 0 aliphatic heterocycles. The van der Waals surface area contributed by atoms with Crippen LogP contribution in [-0.2, 0) is 6.61 Å². The maximum Gasteiger partial charge on any atom is 0.312 e. The molecule has 0 radical (unpaired) electrons. The highest BCUT2D eigenvalue weighted by atomic mass is 79.9. The zero-order valence-corrected chi connectivity index (χ0v) is 23.9. The standard InChI is InChI=1S/C26H21Br2N5O6/c1-3-15(2)25-30-22-9-6-18(27)11-21(22)26(34)31(25)29-13-17-10-19(28)12-23(33(37)38)24(17)39-14-16-4-7-20(8-5-16)32(35)36/h4-13,15H,3,14H2,1-2H3/t15-/m1/s1. The molecule has 0 N–H and O–H groups in total. The van der Waals surface area contributed by atoms with Crippen LogP contribution in [0.15, 0.2) is 73.4 Å². The van der Waals surface area contributed by atoms with Crippen molar-refractivity contribution in [2.45, 2.75) is 32.8 Å². The molecular formula is C26H21Br2N5O6. The molecule has 0 aliphatic carbocycles. The summed E-state index contributed by atoms with van der Waals surface area (Å²) in [6.07, 6.45) is 2.03. The second-order valence-corrected chi connectivity index (χ2v) is 10.4. The summed E-state index contributed by atoms with van der Waals surface area (Å²) in [5.41, 5.74) is 0.568. The van der Waals surface area contributed by atoms with E-state index in [9.17, 15) is 25.0 Å². The van der Waals surface area contributed by atoms with Crippen LogP contribution in [0.4, 0.5) is 11.4 Å². The summed E-state index contributed by atoms with van der Waals surface area (Å²) in [6.45, 7) is 3.81. The lowest BCUT2D eigenvalue weighted by Gasteiger charge is -2.14. The molecule has 0 amide bonds. The van der Waals surface area contributed by atoms with Gasteiger partial charge in [-0.2, -0.15) is 9.78 Å². The van der Waals surface area contributed by atoms with Crippen molar-refractivity contribution in [3.63, 3.8) is 0 Å². The van der Waals surface area contributed by atoms with Crippen LogP contribution in [0.5, 0.6) is 5.75 Å². The Kier molecular flexibility index (Phi) is 8.51. The molecule has 4 aromatic rings. The zero-order valence-electron chi connectivity index (χ0n) is 20.7. The lowest BCUT2D eigenvalue weighted by atomic mass is 10.1.